The Morgan fingerprint density at radius 3 is 2.26 bits per heavy atom. The van der Waals surface area contributed by atoms with E-state index in [0.717, 1.165) is 0 Å². The molecular weight excluding hydrogens is 250 g/mol. The maximum atomic E-state index is 11.8. The molecule has 0 aromatic heterocycles. The first-order valence-corrected chi connectivity index (χ1v) is 6.24. The second kappa shape index (κ2) is 6.01. The molecular formula is C12H21N3O4. The molecule has 2 amide bonds. The van der Waals surface area contributed by atoms with E-state index in [2.05, 4.69) is 0 Å². The minimum Gasteiger partial charge on any atom is -0.459 e. The first kappa shape index (κ1) is 15.4. The molecule has 108 valence electrons. The molecule has 0 aliphatic carbocycles. The van der Waals surface area contributed by atoms with E-state index in [9.17, 15) is 14.4 Å². The molecule has 7 nitrogen and oxygen atoms in total. The van der Waals surface area contributed by atoms with Crippen LogP contribution >= 0.6 is 0 Å². The van der Waals surface area contributed by atoms with Crippen LogP contribution in [0.5, 0.6) is 0 Å². The Morgan fingerprint density at radius 1 is 1.21 bits per heavy atom. The third-order valence-electron chi connectivity index (χ3n) is 2.54. The van der Waals surface area contributed by atoms with Crippen molar-refractivity contribution in [1.82, 2.24) is 9.80 Å². The molecule has 0 saturated carbocycles. The van der Waals surface area contributed by atoms with E-state index in [0.29, 0.717) is 26.2 Å². The van der Waals surface area contributed by atoms with Crippen molar-refractivity contribution in [2.75, 3.05) is 32.7 Å². The number of hydrogen-bond donors (Lipinski definition) is 1. The highest BCUT2D eigenvalue weighted by molar-refractivity contribution is 6.35. The first-order valence-electron chi connectivity index (χ1n) is 6.24. The standard InChI is InChI=1S/C12H21N3O4/c1-12(2,3)19-9(16)8-15-7-6-14(5-4-13)10(17)11(15)18/h4-8,13H2,1-3H3. The van der Waals surface area contributed by atoms with Crippen molar-refractivity contribution in [3.8, 4) is 0 Å². The van der Waals surface area contributed by atoms with Crippen molar-refractivity contribution in [1.29, 1.82) is 0 Å². The number of carbonyl (C=O) groups excluding carboxylic acids is 3. The van der Waals surface area contributed by atoms with Crippen molar-refractivity contribution in [3.63, 3.8) is 0 Å². The number of hydrogen-bond acceptors (Lipinski definition) is 5. The molecule has 1 aliphatic heterocycles. The highest BCUT2D eigenvalue weighted by Gasteiger charge is 2.33. The maximum absolute atomic E-state index is 11.8. The second-order valence-electron chi connectivity index (χ2n) is 5.39. The molecule has 1 saturated heterocycles. The lowest BCUT2D eigenvalue weighted by atomic mass is 10.2. The predicted octanol–water partition coefficient (Wildman–Crippen LogP) is -1.04. The van der Waals surface area contributed by atoms with Gasteiger partial charge in [-0.2, -0.15) is 0 Å². The number of nitrogens with two attached hydrogens (primary N) is 1. The molecule has 1 fully saturated rings. The van der Waals surface area contributed by atoms with E-state index in [4.69, 9.17) is 10.5 Å². The van der Waals surface area contributed by atoms with Gasteiger partial charge in [0, 0.05) is 26.2 Å². The van der Waals surface area contributed by atoms with Gasteiger partial charge in [-0.05, 0) is 20.8 Å². The van der Waals surface area contributed by atoms with Gasteiger partial charge in [-0.1, -0.05) is 0 Å². The predicted molar refractivity (Wildman–Crippen MR) is 68.1 cm³/mol. The Labute approximate surface area is 112 Å². The number of amides is 2. The van der Waals surface area contributed by atoms with E-state index in [1.54, 1.807) is 20.8 Å². The van der Waals surface area contributed by atoms with Crippen molar-refractivity contribution in [2.45, 2.75) is 26.4 Å². The fraction of sp³-hybridized carbons (Fsp3) is 0.750. The Bertz CT molecular complexity index is 376. The van der Waals surface area contributed by atoms with Crippen LogP contribution < -0.4 is 5.73 Å². The summed E-state index contributed by atoms with van der Waals surface area (Å²) < 4.78 is 5.12. The Hall–Kier alpha value is -1.63. The van der Waals surface area contributed by atoms with Crippen LogP contribution in [-0.2, 0) is 19.1 Å². The quantitative estimate of drug-likeness (QED) is 0.520. The molecule has 0 bridgehead atoms. The van der Waals surface area contributed by atoms with Crippen LogP contribution in [0.1, 0.15) is 20.8 Å². The summed E-state index contributed by atoms with van der Waals surface area (Å²) >= 11 is 0. The van der Waals surface area contributed by atoms with Gasteiger partial charge in [-0.15, -0.1) is 0 Å². The largest absolute Gasteiger partial charge is 0.459 e. The number of nitrogens with zero attached hydrogens (tertiary/aromatic N) is 2. The van der Waals surface area contributed by atoms with Gasteiger partial charge in [0.05, 0.1) is 0 Å². The van der Waals surface area contributed by atoms with Crippen LogP contribution in [-0.4, -0.2) is 65.9 Å². The van der Waals surface area contributed by atoms with E-state index >= 15 is 0 Å². The summed E-state index contributed by atoms with van der Waals surface area (Å²) in [5.41, 5.74) is 4.75. The summed E-state index contributed by atoms with van der Waals surface area (Å²) in [6.45, 7) is 6.42. The Balaban J connectivity index is 2.56. The normalized spacial score (nSPS) is 16.8. The van der Waals surface area contributed by atoms with Crippen LogP contribution in [0, 0.1) is 0 Å². The smallest absolute Gasteiger partial charge is 0.326 e. The van der Waals surface area contributed by atoms with E-state index < -0.39 is 23.4 Å². The Morgan fingerprint density at radius 2 is 1.74 bits per heavy atom. The second-order valence-corrected chi connectivity index (χ2v) is 5.39. The van der Waals surface area contributed by atoms with Gasteiger partial charge in [0.2, 0.25) is 0 Å². The van der Waals surface area contributed by atoms with Crippen LogP contribution in [0.15, 0.2) is 0 Å². The summed E-state index contributed by atoms with van der Waals surface area (Å²) in [5.74, 6) is -1.80. The number of piperazine rings is 1. The molecule has 2 N–H and O–H groups in total. The number of rotatable bonds is 4. The number of carbonyl (C=O) groups is 3. The van der Waals surface area contributed by atoms with Crippen LogP contribution in [0.4, 0.5) is 0 Å². The van der Waals surface area contributed by atoms with Crippen molar-refractivity contribution < 1.29 is 19.1 Å². The van der Waals surface area contributed by atoms with Crippen molar-refractivity contribution >= 4 is 17.8 Å². The summed E-state index contributed by atoms with van der Waals surface area (Å²) in [5, 5.41) is 0. The molecule has 19 heavy (non-hydrogen) atoms. The van der Waals surface area contributed by atoms with Crippen molar-refractivity contribution in [2.24, 2.45) is 5.73 Å². The van der Waals surface area contributed by atoms with Gasteiger partial charge >= 0.3 is 17.8 Å². The molecule has 7 heteroatoms. The minimum absolute atomic E-state index is 0.196. The van der Waals surface area contributed by atoms with Gasteiger partial charge in [0.15, 0.2) is 0 Å². The third-order valence-corrected chi connectivity index (χ3v) is 2.54. The van der Waals surface area contributed by atoms with Crippen molar-refractivity contribution in [3.05, 3.63) is 0 Å². The lowest BCUT2D eigenvalue weighted by molar-refractivity contribution is -0.164. The Kier molecular flexibility index (Phi) is 4.88. The SMILES string of the molecule is CC(C)(C)OC(=O)CN1CCN(CCN)C(=O)C1=O. The summed E-state index contributed by atoms with van der Waals surface area (Å²) in [7, 11) is 0. The number of ether oxygens (including phenoxy) is 1. The van der Waals surface area contributed by atoms with Gasteiger partial charge in [0.25, 0.3) is 0 Å². The molecule has 0 aromatic carbocycles. The van der Waals surface area contributed by atoms with Crippen LogP contribution in [0.2, 0.25) is 0 Å². The monoisotopic (exact) mass is 271 g/mol. The topological polar surface area (TPSA) is 92.9 Å². The van der Waals surface area contributed by atoms with Gasteiger partial charge in [0.1, 0.15) is 12.1 Å². The van der Waals surface area contributed by atoms with E-state index in [1.165, 1.54) is 9.80 Å². The molecule has 0 spiro atoms. The van der Waals surface area contributed by atoms with Crippen LogP contribution in [0.3, 0.4) is 0 Å². The van der Waals surface area contributed by atoms with E-state index in [1.807, 2.05) is 0 Å². The average molecular weight is 271 g/mol. The lowest BCUT2D eigenvalue weighted by Crippen LogP contribution is -2.56. The summed E-state index contributed by atoms with van der Waals surface area (Å²) in [6.07, 6.45) is 0. The fourth-order valence-electron chi connectivity index (χ4n) is 1.76. The third kappa shape index (κ3) is 4.51. The highest BCUT2D eigenvalue weighted by atomic mass is 16.6. The van der Waals surface area contributed by atoms with E-state index in [-0.39, 0.29) is 6.54 Å². The zero-order chi connectivity index (χ0) is 14.6. The molecule has 0 unspecified atom stereocenters. The molecule has 1 rings (SSSR count). The first-order chi connectivity index (χ1) is 8.74. The molecule has 1 aliphatic rings. The highest BCUT2D eigenvalue weighted by Crippen LogP contribution is 2.09. The molecule has 0 atom stereocenters. The molecule has 0 radical (unpaired) electrons. The fourth-order valence-corrected chi connectivity index (χ4v) is 1.76. The summed E-state index contributed by atoms with van der Waals surface area (Å²) in [6, 6.07) is 0. The summed E-state index contributed by atoms with van der Waals surface area (Å²) in [4.78, 5) is 37.8. The van der Waals surface area contributed by atoms with Gasteiger partial charge in [-0.3, -0.25) is 14.4 Å². The van der Waals surface area contributed by atoms with Gasteiger partial charge in [-0.25, -0.2) is 0 Å². The molecule has 0 aromatic rings. The zero-order valence-electron chi connectivity index (χ0n) is 11.6. The van der Waals surface area contributed by atoms with Gasteiger partial charge < -0.3 is 20.3 Å². The lowest BCUT2D eigenvalue weighted by Gasteiger charge is -2.33. The minimum atomic E-state index is -0.675. The van der Waals surface area contributed by atoms with Crippen LogP contribution in [0.25, 0.3) is 0 Å². The average Bonchev–Trinajstić information content (AvgIpc) is 2.26. The zero-order valence-corrected chi connectivity index (χ0v) is 11.6. The maximum Gasteiger partial charge on any atom is 0.326 e. The number of esters is 1. The molecule has 1 heterocycles.